The van der Waals surface area contributed by atoms with Crippen molar-refractivity contribution in [3.05, 3.63) is 59.4 Å². The molecule has 5 heteroatoms. The summed E-state index contributed by atoms with van der Waals surface area (Å²) in [5.41, 5.74) is 1.86. The maximum absolute atomic E-state index is 13.3. The van der Waals surface area contributed by atoms with Crippen LogP contribution in [0.25, 0.3) is 0 Å². The molecule has 108 valence electrons. The Morgan fingerprint density at radius 3 is 2.48 bits per heavy atom. The van der Waals surface area contributed by atoms with Gasteiger partial charge in [0.25, 0.3) is 0 Å². The summed E-state index contributed by atoms with van der Waals surface area (Å²) in [6.45, 7) is 0.258. The van der Waals surface area contributed by atoms with Gasteiger partial charge >= 0.3 is 0 Å². The number of ether oxygens (including phenoxy) is 3. The molecule has 21 heavy (non-hydrogen) atoms. The average molecular weight is 351 g/mol. The molecule has 2 aliphatic heterocycles. The topological polar surface area (TPSA) is 27.7 Å². The lowest BCUT2D eigenvalue weighted by Gasteiger charge is -2.42. The Balaban J connectivity index is 1.54. The molecule has 0 unspecified atom stereocenters. The summed E-state index contributed by atoms with van der Waals surface area (Å²) in [5.74, 6) is 1.25. The fraction of sp³-hybridized carbons (Fsp3) is 0.250. The van der Waals surface area contributed by atoms with Crippen molar-refractivity contribution in [3.8, 4) is 11.5 Å². The number of rotatable bonds is 2. The van der Waals surface area contributed by atoms with Gasteiger partial charge in [-0.15, -0.1) is 0 Å². The van der Waals surface area contributed by atoms with Crippen LogP contribution >= 0.6 is 15.9 Å². The van der Waals surface area contributed by atoms with Gasteiger partial charge in [-0.05, 0) is 35.4 Å². The molecule has 2 aliphatic rings. The van der Waals surface area contributed by atoms with Crippen LogP contribution in [0.2, 0.25) is 0 Å². The van der Waals surface area contributed by atoms with Crippen molar-refractivity contribution >= 4 is 15.9 Å². The first-order valence-corrected chi connectivity index (χ1v) is 7.58. The third-order valence-electron chi connectivity index (χ3n) is 3.77. The molecule has 0 radical (unpaired) electrons. The lowest BCUT2D eigenvalue weighted by atomic mass is 9.92. The van der Waals surface area contributed by atoms with E-state index in [1.54, 1.807) is 6.07 Å². The maximum atomic E-state index is 13.3. The Labute approximate surface area is 129 Å². The fourth-order valence-electron chi connectivity index (χ4n) is 2.68. The van der Waals surface area contributed by atoms with Crippen molar-refractivity contribution in [2.75, 3.05) is 6.79 Å². The maximum Gasteiger partial charge on any atom is 0.231 e. The summed E-state index contributed by atoms with van der Waals surface area (Å²) in [4.78, 5) is 0.0969. The number of hydrogen-bond acceptors (Lipinski definition) is 3. The molecule has 1 fully saturated rings. The Hall–Kier alpha value is -1.59. The molecule has 0 spiro atoms. The van der Waals surface area contributed by atoms with Crippen molar-refractivity contribution in [1.29, 1.82) is 0 Å². The number of fused-ring (bicyclic) bond motifs is 1. The van der Waals surface area contributed by atoms with E-state index in [0.29, 0.717) is 0 Å². The van der Waals surface area contributed by atoms with E-state index in [4.69, 9.17) is 14.2 Å². The minimum atomic E-state index is -0.248. The Morgan fingerprint density at radius 2 is 1.71 bits per heavy atom. The first-order chi connectivity index (χ1) is 10.2. The second-order valence-corrected chi connectivity index (χ2v) is 6.15. The van der Waals surface area contributed by atoms with E-state index in [1.165, 1.54) is 12.1 Å². The van der Waals surface area contributed by atoms with E-state index >= 15 is 0 Å². The molecule has 0 N–H and O–H groups in total. The van der Waals surface area contributed by atoms with Crippen LogP contribution in [-0.2, 0) is 4.74 Å². The second-order valence-electron chi connectivity index (χ2n) is 5.09. The summed E-state index contributed by atoms with van der Waals surface area (Å²) in [6, 6.07) is 12.3. The fourth-order valence-corrected chi connectivity index (χ4v) is 3.54. The summed E-state index contributed by atoms with van der Waals surface area (Å²) < 4.78 is 29.9. The van der Waals surface area contributed by atoms with Crippen LogP contribution in [0.1, 0.15) is 23.3 Å². The predicted octanol–water partition coefficient (Wildman–Crippen LogP) is 4.13. The molecule has 3 atom stereocenters. The highest BCUT2D eigenvalue weighted by atomic mass is 79.9. The van der Waals surface area contributed by atoms with E-state index in [-0.39, 0.29) is 29.6 Å². The average Bonchev–Trinajstić information content (AvgIpc) is 2.93. The lowest BCUT2D eigenvalue weighted by Crippen LogP contribution is -2.36. The van der Waals surface area contributed by atoms with Gasteiger partial charge in [0, 0.05) is 0 Å². The molecule has 4 rings (SSSR count). The van der Waals surface area contributed by atoms with Gasteiger partial charge in [-0.2, -0.15) is 0 Å². The third kappa shape index (κ3) is 2.21. The van der Waals surface area contributed by atoms with Crippen LogP contribution in [0, 0.1) is 5.82 Å². The summed E-state index contributed by atoms with van der Waals surface area (Å²) in [6.07, 6.45) is -0.219. The standard InChI is InChI=1S/C16H12BrFO3/c17-14-15(9-2-1-3-11(18)6-9)21-16(14)10-4-5-12-13(7-10)20-8-19-12/h1-7,14-16H,8H2/t14-,15-,16+/m0/s1. The highest BCUT2D eigenvalue weighted by Gasteiger charge is 2.43. The van der Waals surface area contributed by atoms with Crippen molar-refractivity contribution in [2.24, 2.45) is 0 Å². The number of benzene rings is 2. The van der Waals surface area contributed by atoms with Crippen LogP contribution in [0.5, 0.6) is 11.5 Å². The lowest BCUT2D eigenvalue weighted by molar-refractivity contribution is -0.118. The van der Waals surface area contributed by atoms with E-state index in [0.717, 1.165) is 22.6 Å². The minimum absolute atomic E-state index is 0.0761. The monoisotopic (exact) mass is 350 g/mol. The largest absolute Gasteiger partial charge is 0.454 e. The van der Waals surface area contributed by atoms with Crippen molar-refractivity contribution in [1.82, 2.24) is 0 Å². The molecule has 0 saturated carbocycles. The smallest absolute Gasteiger partial charge is 0.231 e. The van der Waals surface area contributed by atoms with Gasteiger partial charge < -0.3 is 14.2 Å². The van der Waals surface area contributed by atoms with Gasteiger partial charge in [-0.1, -0.05) is 34.1 Å². The summed E-state index contributed by atoms with van der Waals surface area (Å²) >= 11 is 3.65. The molecule has 3 nitrogen and oxygen atoms in total. The van der Waals surface area contributed by atoms with E-state index in [2.05, 4.69) is 15.9 Å². The van der Waals surface area contributed by atoms with Crippen LogP contribution < -0.4 is 9.47 Å². The molecule has 0 amide bonds. The van der Waals surface area contributed by atoms with Crippen LogP contribution in [0.3, 0.4) is 0 Å². The molecule has 2 aromatic carbocycles. The van der Waals surface area contributed by atoms with Gasteiger partial charge in [0.05, 0.1) is 17.0 Å². The number of hydrogen-bond donors (Lipinski definition) is 0. The zero-order chi connectivity index (χ0) is 14.4. The molecule has 2 heterocycles. The van der Waals surface area contributed by atoms with Crippen LogP contribution in [-0.4, -0.2) is 11.6 Å². The zero-order valence-corrected chi connectivity index (χ0v) is 12.5. The first-order valence-electron chi connectivity index (χ1n) is 6.67. The van der Waals surface area contributed by atoms with E-state index < -0.39 is 0 Å². The third-order valence-corrected chi connectivity index (χ3v) is 4.73. The first kappa shape index (κ1) is 13.1. The molecular formula is C16H12BrFO3. The molecule has 0 aromatic heterocycles. The molecule has 1 saturated heterocycles. The van der Waals surface area contributed by atoms with Gasteiger partial charge in [0.1, 0.15) is 5.82 Å². The highest BCUT2D eigenvalue weighted by molar-refractivity contribution is 9.09. The Bertz CT molecular complexity index is 691. The SMILES string of the molecule is Fc1cccc([C@@H]2O[C@H](c3ccc4c(c3)OCO4)[C@H]2Br)c1. The summed E-state index contributed by atoms with van der Waals surface area (Å²) in [5, 5.41) is 0. The molecule has 2 aromatic rings. The van der Waals surface area contributed by atoms with Gasteiger partial charge in [0.15, 0.2) is 11.5 Å². The van der Waals surface area contributed by atoms with Gasteiger partial charge in [0.2, 0.25) is 6.79 Å². The molecule has 0 bridgehead atoms. The minimum Gasteiger partial charge on any atom is -0.454 e. The zero-order valence-electron chi connectivity index (χ0n) is 11.0. The summed E-state index contributed by atoms with van der Waals surface area (Å²) in [7, 11) is 0. The number of alkyl halides is 1. The van der Waals surface area contributed by atoms with Crippen LogP contribution in [0.15, 0.2) is 42.5 Å². The van der Waals surface area contributed by atoms with Gasteiger partial charge in [-0.25, -0.2) is 4.39 Å². The molecule has 0 aliphatic carbocycles. The van der Waals surface area contributed by atoms with Crippen molar-refractivity contribution in [3.63, 3.8) is 0 Å². The predicted molar refractivity (Wildman–Crippen MR) is 78.2 cm³/mol. The Morgan fingerprint density at radius 1 is 0.952 bits per heavy atom. The van der Waals surface area contributed by atoms with Crippen LogP contribution in [0.4, 0.5) is 4.39 Å². The normalized spacial score (nSPS) is 26.5. The van der Waals surface area contributed by atoms with Crippen molar-refractivity contribution in [2.45, 2.75) is 17.0 Å². The quantitative estimate of drug-likeness (QED) is 0.762. The second kappa shape index (κ2) is 5.00. The Kier molecular flexibility index (Phi) is 3.12. The molecular weight excluding hydrogens is 339 g/mol. The van der Waals surface area contributed by atoms with Gasteiger partial charge in [-0.3, -0.25) is 0 Å². The van der Waals surface area contributed by atoms with E-state index in [9.17, 15) is 4.39 Å². The van der Waals surface area contributed by atoms with Crippen molar-refractivity contribution < 1.29 is 18.6 Å². The number of halogens is 2. The highest BCUT2D eigenvalue weighted by Crippen LogP contribution is 2.50. The van der Waals surface area contributed by atoms with E-state index in [1.807, 2.05) is 24.3 Å².